The summed E-state index contributed by atoms with van der Waals surface area (Å²) in [6, 6.07) is 0. The van der Waals surface area contributed by atoms with Crippen LogP contribution in [0.25, 0.3) is 0 Å². The van der Waals surface area contributed by atoms with Crippen molar-refractivity contribution in [2.75, 3.05) is 14.1 Å². The minimum absolute atomic E-state index is 0.0288. The summed E-state index contributed by atoms with van der Waals surface area (Å²) in [5, 5.41) is 0. The van der Waals surface area contributed by atoms with Crippen molar-refractivity contribution < 1.29 is 0 Å². The van der Waals surface area contributed by atoms with Crippen molar-refractivity contribution in [3.63, 3.8) is 0 Å². The van der Waals surface area contributed by atoms with Crippen LogP contribution in [0.15, 0.2) is 9.98 Å². The smallest absolute Gasteiger partial charge is 0.143 e. The van der Waals surface area contributed by atoms with Crippen molar-refractivity contribution in [3.8, 4) is 0 Å². The van der Waals surface area contributed by atoms with Gasteiger partial charge in [0, 0.05) is 14.1 Å². The summed E-state index contributed by atoms with van der Waals surface area (Å²) >= 11 is 0. The molecule has 0 amide bonds. The third kappa shape index (κ3) is 3.01. The quantitative estimate of drug-likeness (QED) is 0.718. The van der Waals surface area contributed by atoms with Gasteiger partial charge in [0.1, 0.15) is 17.8 Å². The Morgan fingerprint density at radius 1 is 1.43 bits per heavy atom. The summed E-state index contributed by atoms with van der Waals surface area (Å²) in [7, 11) is 3.98. The van der Waals surface area contributed by atoms with E-state index in [2.05, 4.69) is 23.8 Å². The molecule has 80 valence electrons. The summed E-state index contributed by atoms with van der Waals surface area (Å²) in [5.74, 6) is 2.33. The van der Waals surface area contributed by atoms with Crippen LogP contribution in [-0.4, -0.2) is 36.8 Å². The van der Waals surface area contributed by atoms with Gasteiger partial charge in [-0.15, -0.1) is 0 Å². The van der Waals surface area contributed by atoms with Crippen LogP contribution >= 0.6 is 0 Å². The summed E-state index contributed by atoms with van der Waals surface area (Å²) in [6.07, 6.45) is 1.68. The molecule has 1 unspecified atom stereocenters. The molecule has 1 aliphatic heterocycles. The second-order valence-corrected chi connectivity index (χ2v) is 4.35. The first-order chi connectivity index (χ1) is 6.49. The largest absolute Gasteiger partial charge is 0.387 e. The zero-order valence-electron chi connectivity index (χ0n) is 9.49. The van der Waals surface area contributed by atoms with Gasteiger partial charge in [0.15, 0.2) is 0 Å². The highest BCUT2D eigenvalue weighted by Gasteiger charge is 2.17. The molecule has 2 N–H and O–H groups in total. The zero-order chi connectivity index (χ0) is 10.7. The van der Waals surface area contributed by atoms with Crippen LogP contribution in [0.1, 0.15) is 26.7 Å². The van der Waals surface area contributed by atoms with Gasteiger partial charge in [-0.1, -0.05) is 13.8 Å². The van der Waals surface area contributed by atoms with Crippen molar-refractivity contribution in [3.05, 3.63) is 0 Å². The molecule has 1 rings (SSSR count). The second-order valence-electron chi connectivity index (χ2n) is 4.35. The van der Waals surface area contributed by atoms with E-state index in [1.54, 1.807) is 0 Å². The number of hydrogen-bond donors (Lipinski definition) is 1. The fraction of sp³-hybridized carbons (Fsp3) is 0.800. The summed E-state index contributed by atoms with van der Waals surface area (Å²) in [5.41, 5.74) is 5.77. The van der Waals surface area contributed by atoms with Gasteiger partial charge in [-0.05, 0) is 12.3 Å². The van der Waals surface area contributed by atoms with E-state index in [-0.39, 0.29) is 6.17 Å². The highest BCUT2D eigenvalue weighted by molar-refractivity contribution is 6.02. The average molecular weight is 196 g/mol. The van der Waals surface area contributed by atoms with Gasteiger partial charge in [-0.25, -0.2) is 9.98 Å². The molecule has 1 aliphatic rings. The Morgan fingerprint density at radius 2 is 2.07 bits per heavy atom. The number of nitrogens with two attached hydrogens (primary N) is 1. The van der Waals surface area contributed by atoms with Crippen LogP contribution in [0.2, 0.25) is 0 Å². The normalized spacial score (nSPS) is 21.9. The van der Waals surface area contributed by atoms with Crippen molar-refractivity contribution in [1.29, 1.82) is 0 Å². The molecule has 14 heavy (non-hydrogen) atoms. The Bertz CT molecular complexity index is 253. The van der Waals surface area contributed by atoms with Gasteiger partial charge in [-0.3, -0.25) is 0 Å². The van der Waals surface area contributed by atoms with E-state index in [0.717, 1.165) is 12.3 Å². The van der Waals surface area contributed by atoms with E-state index < -0.39 is 0 Å². The number of rotatable bonds is 2. The molecule has 0 saturated heterocycles. The lowest BCUT2D eigenvalue weighted by atomic mass is 10.1. The van der Waals surface area contributed by atoms with Gasteiger partial charge < -0.3 is 10.6 Å². The summed E-state index contributed by atoms with van der Waals surface area (Å²) in [6.45, 7) is 4.34. The molecule has 0 spiro atoms. The third-order valence-corrected chi connectivity index (χ3v) is 2.15. The highest BCUT2D eigenvalue weighted by atomic mass is 15.2. The maximum atomic E-state index is 5.77. The number of amidine groups is 2. The minimum atomic E-state index is 0.0288. The molecule has 1 atom stereocenters. The molecule has 0 aromatic rings. The van der Waals surface area contributed by atoms with E-state index >= 15 is 0 Å². The predicted octanol–water partition coefficient (Wildman–Crippen LogP) is 1.08. The second kappa shape index (κ2) is 4.44. The lowest BCUT2D eigenvalue weighted by Crippen LogP contribution is -2.33. The molecule has 0 saturated carbocycles. The number of nitrogens with zero attached hydrogens (tertiary/aromatic N) is 3. The first kappa shape index (κ1) is 11.0. The molecule has 0 bridgehead atoms. The minimum Gasteiger partial charge on any atom is -0.387 e. The molecular formula is C10H20N4. The Labute approximate surface area is 85.9 Å². The van der Waals surface area contributed by atoms with Gasteiger partial charge in [0.2, 0.25) is 0 Å². The molecular weight excluding hydrogens is 176 g/mol. The molecule has 0 fully saturated rings. The van der Waals surface area contributed by atoms with Crippen LogP contribution in [0.4, 0.5) is 0 Å². The van der Waals surface area contributed by atoms with Crippen LogP contribution < -0.4 is 5.73 Å². The molecule has 4 nitrogen and oxygen atoms in total. The third-order valence-electron chi connectivity index (χ3n) is 2.15. The standard InChI is InChI=1S/C10H20N4/c1-7(2)5-9-12-8(11)6-10(13-9)14(3)4/h7,9H,5-6H2,1-4H3,(H2,11,12). The van der Waals surface area contributed by atoms with E-state index in [4.69, 9.17) is 5.73 Å². The Hall–Kier alpha value is -1.06. The fourth-order valence-electron chi connectivity index (χ4n) is 1.45. The maximum absolute atomic E-state index is 5.77. The zero-order valence-corrected chi connectivity index (χ0v) is 9.49. The average Bonchev–Trinajstić information content (AvgIpc) is 2.01. The summed E-state index contributed by atoms with van der Waals surface area (Å²) in [4.78, 5) is 10.9. The van der Waals surface area contributed by atoms with Crippen LogP contribution in [0.5, 0.6) is 0 Å². The monoisotopic (exact) mass is 196 g/mol. The SMILES string of the molecule is CC(C)CC1N=C(N)CC(N(C)C)=N1. The van der Waals surface area contributed by atoms with E-state index in [9.17, 15) is 0 Å². The molecule has 4 heteroatoms. The van der Waals surface area contributed by atoms with Crippen molar-refractivity contribution in [1.82, 2.24) is 4.90 Å². The van der Waals surface area contributed by atoms with Gasteiger partial charge >= 0.3 is 0 Å². The Balaban J connectivity index is 2.69. The molecule has 0 aliphatic carbocycles. The van der Waals surface area contributed by atoms with Crippen LogP contribution in [0.3, 0.4) is 0 Å². The number of aliphatic imine (C=N–C) groups is 2. The lowest BCUT2D eigenvalue weighted by Gasteiger charge is -2.23. The maximum Gasteiger partial charge on any atom is 0.143 e. The molecule has 1 heterocycles. The summed E-state index contributed by atoms with van der Waals surface area (Å²) < 4.78 is 0. The Kier molecular flexibility index (Phi) is 3.49. The molecule has 0 radical (unpaired) electrons. The van der Waals surface area contributed by atoms with E-state index in [1.807, 2.05) is 19.0 Å². The predicted molar refractivity (Wildman–Crippen MR) is 60.6 cm³/mol. The van der Waals surface area contributed by atoms with E-state index in [1.165, 1.54) is 0 Å². The first-order valence-corrected chi connectivity index (χ1v) is 5.05. The van der Waals surface area contributed by atoms with Gasteiger partial charge in [0.25, 0.3) is 0 Å². The van der Waals surface area contributed by atoms with Gasteiger partial charge in [-0.2, -0.15) is 0 Å². The van der Waals surface area contributed by atoms with Gasteiger partial charge in [0.05, 0.1) is 6.42 Å². The number of hydrogen-bond acceptors (Lipinski definition) is 4. The van der Waals surface area contributed by atoms with Crippen molar-refractivity contribution in [2.24, 2.45) is 21.6 Å². The highest BCUT2D eigenvalue weighted by Crippen LogP contribution is 2.14. The fourth-order valence-corrected chi connectivity index (χ4v) is 1.45. The van der Waals surface area contributed by atoms with Crippen LogP contribution in [0, 0.1) is 5.92 Å². The topological polar surface area (TPSA) is 54.0 Å². The molecule has 0 aromatic heterocycles. The first-order valence-electron chi connectivity index (χ1n) is 5.05. The van der Waals surface area contributed by atoms with Crippen molar-refractivity contribution >= 4 is 11.7 Å². The van der Waals surface area contributed by atoms with Crippen molar-refractivity contribution in [2.45, 2.75) is 32.9 Å². The lowest BCUT2D eigenvalue weighted by molar-refractivity contribution is 0.493. The van der Waals surface area contributed by atoms with Crippen LogP contribution in [-0.2, 0) is 0 Å². The van der Waals surface area contributed by atoms with E-state index in [0.29, 0.717) is 18.2 Å². The Morgan fingerprint density at radius 3 is 2.57 bits per heavy atom. The molecule has 0 aromatic carbocycles.